The summed E-state index contributed by atoms with van der Waals surface area (Å²) in [7, 11) is 0. The van der Waals surface area contributed by atoms with Crippen LogP contribution < -0.4 is 0 Å². The molecule has 2 saturated heterocycles. The summed E-state index contributed by atoms with van der Waals surface area (Å²) in [6.07, 6.45) is 7.07. The number of carboxylic acid groups (broad SMARTS) is 1. The van der Waals surface area contributed by atoms with Crippen molar-refractivity contribution in [3.8, 4) is 0 Å². The lowest BCUT2D eigenvalue weighted by Gasteiger charge is -2.58. The summed E-state index contributed by atoms with van der Waals surface area (Å²) in [5, 5.41) is 10.2. The summed E-state index contributed by atoms with van der Waals surface area (Å²) in [6.45, 7) is 4.41. The predicted octanol–water partition coefficient (Wildman–Crippen LogP) is 3.04. The molecule has 4 aliphatic carbocycles. The number of fused-ring (bicyclic) bond motifs is 4. The van der Waals surface area contributed by atoms with Crippen molar-refractivity contribution in [3.05, 3.63) is 11.6 Å². The van der Waals surface area contributed by atoms with Crippen molar-refractivity contribution in [1.82, 2.24) is 0 Å². The lowest BCUT2D eigenvalue weighted by molar-refractivity contribution is -0.171. The number of aliphatic carboxylic acids is 1. The average molecular weight is 400 g/mol. The smallest absolute Gasteiger partial charge is 0.307 e. The van der Waals surface area contributed by atoms with Gasteiger partial charge in [0.1, 0.15) is 11.2 Å². The quantitative estimate of drug-likeness (QED) is 0.537. The van der Waals surface area contributed by atoms with Crippen molar-refractivity contribution in [2.24, 2.45) is 28.6 Å². The Morgan fingerprint density at radius 3 is 2.66 bits per heavy atom. The first-order valence-electron chi connectivity index (χ1n) is 11.0. The van der Waals surface area contributed by atoms with E-state index in [9.17, 15) is 19.5 Å². The summed E-state index contributed by atoms with van der Waals surface area (Å²) in [6, 6.07) is 0. The van der Waals surface area contributed by atoms with E-state index >= 15 is 0 Å². The van der Waals surface area contributed by atoms with Gasteiger partial charge >= 0.3 is 11.9 Å². The van der Waals surface area contributed by atoms with E-state index in [1.54, 1.807) is 6.08 Å². The Kier molecular flexibility index (Phi) is 3.20. The zero-order chi connectivity index (χ0) is 20.4. The third-order valence-corrected chi connectivity index (χ3v) is 10.0. The lowest BCUT2D eigenvalue weighted by Crippen LogP contribution is -2.63. The number of carboxylic acids is 1. The summed E-state index contributed by atoms with van der Waals surface area (Å²) < 4.78 is 12.5. The monoisotopic (exact) mass is 400 g/mol. The van der Waals surface area contributed by atoms with E-state index in [2.05, 4.69) is 13.8 Å². The molecule has 2 heterocycles. The van der Waals surface area contributed by atoms with Crippen molar-refractivity contribution in [3.63, 3.8) is 0 Å². The molecule has 6 rings (SSSR count). The van der Waals surface area contributed by atoms with E-state index in [0.29, 0.717) is 19.3 Å². The van der Waals surface area contributed by atoms with E-state index in [1.165, 1.54) is 0 Å². The number of rotatable bonds is 1. The normalized spacial score (nSPS) is 54.8. The van der Waals surface area contributed by atoms with Crippen LogP contribution in [0.15, 0.2) is 11.6 Å². The molecule has 8 atom stereocenters. The van der Waals surface area contributed by atoms with Gasteiger partial charge in [-0.05, 0) is 50.5 Å². The molecule has 3 saturated carbocycles. The highest BCUT2D eigenvalue weighted by atomic mass is 16.6. The van der Waals surface area contributed by atoms with Crippen molar-refractivity contribution >= 4 is 17.7 Å². The molecule has 0 aromatic heterocycles. The highest BCUT2D eigenvalue weighted by Crippen LogP contribution is 2.78. The van der Waals surface area contributed by atoms with Gasteiger partial charge in [0.05, 0.1) is 12.0 Å². The van der Waals surface area contributed by atoms with Gasteiger partial charge in [0.2, 0.25) is 0 Å². The minimum Gasteiger partial charge on any atom is -0.481 e. The highest BCUT2D eigenvalue weighted by Gasteiger charge is 2.83. The summed E-state index contributed by atoms with van der Waals surface area (Å²) >= 11 is 0. The van der Waals surface area contributed by atoms with Gasteiger partial charge in [-0.15, -0.1) is 0 Å². The lowest BCUT2D eigenvalue weighted by atomic mass is 9.43. The van der Waals surface area contributed by atoms with Crippen LogP contribution in [0.1, 0.15) is 65.2 Å². The highest BCUT2D eigenvalue weighted by molar-refractivity contribution is 5.92. The van der Waals surface area contributed by atoms with Gasteiger partial charge in [0.15, 0.2) is 5.78 Å². The molecule has 5 fully saturated rings. The first-order chi connectivity index (χ1) is 13.7. The van der Waals surface area contributed by atoms with E-state index in [1.807, 2.05) is 0 Å². The third-order valence-electron chi connectivity index (χ3n) is 10.0. The number of carbonyl (C=O) groups is 3. The SMILES string of the molecule is C[C@]12CCC(=O)C=C1C[C@@H](C(=O)O)C1C3CC[C@@]4(CCC(=O)O4)[C@@]3(C)C[C@@H]3O[C@@]132. The maximum Gasteiger partial charge on any atom is 0.307 e. The Morgan fingerprint density at radius 2 is 1.97 bits per heavy atom. The standard InChI is InChI=1S/C23H28O6/c1-20-6-3-13(24)9-12(20)10-14(19(26)27)18-15-4-7-22(8-5-17(25)29-22)21(15,2)11-16-23(18,20)28-16/h9,14-16,18H,3-8,10-11H2,1-2H3,(H,26,27)/t14-,15?,16+,18?,20+,21+,22-,23-/m1/s1. The summed E-state index contributed by atoms with van der Waals surface area (Å²) in [5.74, 6) is -1.31. The number of carbonyl (C=O) groups excluding carboxylic acids is 2. The average Bonchev–Trinajstić information content (AvgIpc) is 3.14. The molecular formula is C23H28O6. The molecule has 0 aromatic rings. The molecule has 2 unspecified atom stereocenters. The maximum atomic E-state index is 12.4. The van der Waals surface area contributed by atoms with Gasteiger partial charge in [-0.2, -0.15) is 0 Å². The van der Waals surface area contributed by atoms with E-state index in [0.717, 1.165) is 37.7 Å². The molecule has 29 heavy (non-hydrogen) atoms. The molecule has 0 amide bonds. The molecule has 6 aliphatic rings. The molecule has 6 nitrogen and oxygen atoms in total. The predicted molar refractivity (Wildman–Crippen MR) is 101 cm³/mol. The zero-order valence-electron chi connectivity index (χ0n) is 17.0. The van der Waals surface area contributed by atoms with E-state index < -0.39 is 23.1 Å². The molecule has 2 spiro atoms. The van der Waals surface area contributed by atoms with Gasteiger partial charge in [-0.3, -0.25) is 14.4 Å². The second-order valence-electron chi connectivity index (χ2n) is 10.8. The van der Waals surface area contributed by atoms with Crippen LogP contribution in [-0.4, -0.2) is 40.1 Å². The van der Waals surface area contributed by atoms with E-state index in [4.69, 9.17) is 9.47 Å². The third kappa shape index (κ3) is 1.86. The second-order valence-corrected chi connectivity index (χ2v) is 10.8. The van der Waals surface area contributed by atoms with Crippen molar-refractivity contribution in [1.29, 1.82) is 0 Å². The Morgan fingerprint density at radius 1 is 1.17 bits per heavy atom. The van der Waals surface area contributed by atoms with Crippen LogP contribution in [0.2, 0.25) is 0 Å². The topological polar surface area (TPSA) is 93.2 Å². The number of epoxide rings is 1. The Bertz CT molecular complexity index is 892. The molecule has 156 valence electrons. The fraction of sp³-hybridized carbons (Fsp3) is 0.783. The molecule has 6 heteroatoms. The van der Waals surface area contributed by atoms with Gasteiger partial charge in [-0.25, -0.2) is 0 Å². The second kappa shape index (κ2) is 5.13. The van der Waals surface area contributed by atoms with Gasteiger partial charge in [0.25, 0.3) is 0 Å². The Balaban J connectivity index is 1.49. The molecule has 2 aliphatic heterocycles. The Hall–Kier alpha value is -1.69. The largest absolute Gasteiger partial charge is 0.481 e. The number of hydrogen-bond acceptors (Lipinski definition) is 5. The van der Waals surface area contributed by atoms with Crippen LogP contribution in [-0.2, 0) is 23.9 Å². The van der Waals surface area contributed by atoms with Gasteiger partial charge < -0.3 is 14.6 Å². The van der Waals surface area contributed by atoms with Gasteiger partial charge in [0, 0.05) is 29.6 Å². The van der Waals surface area contributed by atoms with E-state index in [-0.39, 0.29) is 40.5 Å². The number of hydrogen-bond donors (Lipinski definition) is 1. The first kappa shape index (κ1) is 18.1. The molecular weight excluding hydrogens is 372 g/mol. The van der Waals surface area contributed by atoms with Crippen LogP contribution in [0.25, 0.3) is 0 Å². The first-order valence-corrected chi connectivity index (χ1v) is 11.0. The fourth-order valence-corrected chi connectivity index (χ4v) is 8.55. The summed E-state index contributed by atoms with van der Waals surface area (Å²) in [4.78, 5) is 36.6. The molecule has 0 bridgehead atoms. The number of esters is 1. The Labute approximate surface area is 170 Å². The molecule has 0 radical (unpaired) electrons. The minimum absolute atomic E-state index is 0.0215. The maximum absolute atomic E-state index is 12.4. The van der Waals surface area contributed by atoms with Crippen molar-refractivity contribution < 1.29 is 29.0 Å². The minimum atomic E-state index is -0.793. The van der Waals surface area contributed by atoms with Gasteiger partial charge in [-0.1, -0.05) is 19.4 Å². The zero-order valence-corrected chi connectivity index (χ0v) is 17.0. The molecule has 1 N–H and O–H groups in total. The number of ketones is 1. The van der Waals surface area contributed by atoms with Crippen LogP contribution in [0, 0.1) is 28.6 Å². The molecule has 0 aromatic carbocycles. The fourth-order valence-electron chi connectivity index (χ4n) is 8.55. The van der Waals surface area contributed by atoms with Crippen LogP contribution >= 0.6 is 0 Å². The number of ether oxygens (including phenoxy) is 2. The van der Waals surface area contributed by atoms with Crippen LogP contribution in [0.5, 0.6) is 0 Å². The van der Waals surface area contributed by atoms with Crippen molar-refractivity contribution in [2.75, 3.05) is 0 Å². The van der Waals surface area contributed by atoms with Crippen molar-refractivity contribution in [2.45, 2.75) is 82.5 Å². The van der Waals surface area contributed by atoms with Crippen LogP contribution in [0.3, 0.4) is 0 Å². The summed E-state index contributed by atoms with van der Waals surface area (Å²) in [5.41, 5.74) is -0.492. The van der Waals surface area contributed by atoms with Crippen LogP contribution in [0.4, 0.5) is 0 Å².